The Morgan fingerprint density at radius 3 is 2.31 bits per heavy atom. The van der Waals surface area contributed by atoms with Crippen molar-refractivity contribution < 1.29 is 26.7 Å². The van der Waals surface area contributed by atoms with Gasteiger partial charge in [0.1, 0.15) is 0 Å². The maximum Gasteiger partial charge on any atom is 0.501 e. The van der Waals surface area contributed by atoms with Crippen molar-refractivity contribution in [2.75, 3.05) is 19.0 Å². The second kappa shape index (κ2) is 8.45. The molecule has 1 N–H and O–H groups in total. The number of sulfone groups is 1. The van der Waals surface area contributed by atoms with Gasteiger partial charge in [-0.1, -0.05) is 6.07 Å². The molecule has 4 rings (SSSR count). The third-order valence-corrected chi connectivity index (χ3v) is 7.24. The van der Waals surface area contributed by atoms with E-state index in [2.05, 4.69) is 4.98 Å². The zero-order chi connectivity index (χ0) is 25.7. The van der Waals surface area contributed by atoms with E-state index in [0.29, 0.717) is 0 Å². The molecule has 184 valence electrons. The summed E-state index contributed by atoms with van der Waals surface area (Å²) in [6.45, 7) is 1.63. The van der Waals surface area contributed by atoms with E-state index in [1.54, 1.807) is 12.3 Å². The van der Waals surface area contributed by atoms with Crippen LogP contribution in [0.1, 0.15) is 11.3 Å². The van der Waals surface area contributed by atoms with Crippen molar-refractivity contribution in [2.45, 2.75) is 23.9 Å². The molecule has 35 heavy (non-hydrogen) atoms. The molecule has 0 radical (unpaired) electrons. The Labute approximate surface area is 198 Å². The van der Waals surface area contributed by atoms with E-state index >= 15 is 0 Å². The standard InChI is InChI=1S/C23H21F3N4O4S/c1-14-21(31)30(16-4-7-18(8-5-16)35(33,34)23(24,25)26)22(32)29(14)13-15-10-11-27-20-12-17(28(2)3)6-9-19(15)20/h4-12,31H,13H2,1-3H3. The first-order valence-corrected chi connectivity index (χ1v) is 11.8. The third-order valence-electron chi connectivity index (χ3n) is 5.73. The lowest BCUT2D eigenvalue weighted by atomic mass is 10.1. The van der Waals surface area contributed by atoms with Crippen LogP contribution in [0.2, 0.25) is 0 Å². The van der Waals surface area contributed by atoms with Crippen LogP contribution in [0.5, 0.6) is 5.88 Å². The average Bonchev–Trinajstić information content (AvgIpc) is 3.01. The van der Waals surface area contributed by atoms with Gasteiger partial charge in [0, 0.05) is 31.4 Å². The van der Waals surface area contributed by atoms with E-state index in [0.717, 1.165) is 51.0 Å². The van der Waals surface area contributed by atoms with E-state index < -0.39 is 31.8 Å². The molecule has 0 fully saturated rings. The quantitative estimate of drug-likeness (QED) is 0.444. The summed E-state index contributed by atoms with van der Waals surface area (Å²) in [5.74, 6) is -0.408. The van der Waals surface area contributed by atoms with Crippen LogP contribution in [0.25, 0.3) is 16.6 Å². The van der Waals surface area contributed by atoms with Gasteiger partial charge in [0.2, 0.25) is 5.88 Å². The number of aromatic nitrogens is 3. The minimum Gasteiger partial charge on any atom is -0.493 e. The molecule has 0 aliphatic rings. The van der Waals surface area contributed by atoms with Gasteiger partial charge in [-0.05, 0) is 55.0 Å². The highest BCUT2D eigenvalue weighted by Gasteiger charge is 2.46. The summed E-state index contributed by atoms with van der Waals surface area (Å²) in [6.07, 6.45) is 1.62. The number of pyridine rings is 1. The molecule has 2 heterocycles. The van der Waals surface area contributed by atoms with Crippen molar-refractivity contribution in [2.24, 2.45) is 0 Å². The van der Waals surface area contributed by atoms with Gasteiger partial charge in [-0.2, -0.15) is 13.2 Å². The average molecular weight is 507 g/mol. The summed E-state index contributed by atoms with van der Waals surface area (Å²) >= 11 is 0. The first-order chi connectivity index (χ1) is 16.3. The van der Waals surface area contributed by atoms with Crippen LogP contribution in [0.15, 0.2) is 64.4 Å². The van der Waals surface area contributed by atoms with Gasteiger partial charge in [-0.25, -0.2) is 17.8 Å². The second-order valence-electron chi connectivity index (χ2n) is 8.12. The first kappa shape index (κ1) is 24.3. The topological polar surface area (TPSA) is 97.4 Å². The molecule has 0 amide bonds. The van der Waals surface area contributed by atoms with Crippen LogP contribution in [0.4, 0.5) is 18.9 Å². The van der Waals surface area contributed by atoms with E-state index in [4.69, 9.17) is 0 Å². The number of rotatable bonds is 5. The normalized spacial score (nSPS) is 12.3. The molecule has 0 saturated carbocycles. The molecule has 0 aliphatic carbocycles. The van der Waals surface area contributed by atoms with Crippen molar-refractivity contribution in [1.82, 2.24) is 14.1 Å². The Balaban J connectivity index is 1.75. The van der Waals surface area contributed by atoms with E-state index in [1.165, 1.54) is 11.5 Å². The van der Waals surface area contributed by atoms with Gasteiger partial charge in [-0.15, -0.1) is 0 Å². The van der Waals surface area contributed by atoms with Gasteiger partial charge in [0.25, 0.3) is 9.84 Å². The fourth-order valence-electron chi connectivity index (χ4n) is 3.75. The summed E-state index contributed by atoms with van der Waals surface area (Å²) in [6, 6.07) is 11.0. The van der Waals surface area contributed by atoms with E-state index in [9.17, 15) is 31.5 Å². The molecule has 0 saturated heterocycles. The Bertz CT molecular complexity index is 1590. The molecule has 12 heteroatoms. The van der Waals surface area contributed by atoms with Crippen molar-refractivity contribution in [3.63, 3.8) is 0 Å². The third kappa shape index (κ3) is 4.14. The number of benzene rings is 2. The Kier molecular flexibility index (Phi) is 5.87. The fourth-order valence-corrected chi connectivity index (χ4v) is 4.51. The van der Waals surface area contributed by atoms with Crippen molar-refractivity contribution in [3.05, 3.63) is 76.5 Å². The predicted octanol–water partition coefficient (Wildman–Crippen LogP) is 3.61. The van der Waals surface area contributed by atoms with Crippen LogP contribution >= 0.6 is 0 Å². The van der Waals surface area contributed by atoms with E-state index in [-0.39, 0.29) is 17.9 Å². The van der Waals surface area contributed by atoms with Crippen molar-refractivity contribution in [1.29, 1.82) is 0 Å². The molecule has 0 aliphatic heterocycles. The zero-order valence-corrected chi connectivity index (χ0v) is 19.7. The van der Waals surface area contributed by atoms with Gasteiger partial charge in [0.05, 0.1) is 28.3 Å². The molecule has 2 aromatic heterocycles. The molecule has 0 spiro atoms. The number of hydrogen-bond acceptors (Lipinski definition) is 6. The summed E-state index contributed by atoms with van der Waals surface area (Å²) in [4.78, 5) is 18.5. The SMILES string of the molecule is Cc1c(O)n(-c2ccc(S(=O)(=O)C(F)(F)F)cc2)c(=O)n1Cc1ccnc2cc(N(C)C)ccc12. The van der Waals surface area contributed by atoms with Gasteiger partial charge in [0.15, 0.2) is 0 Å². The molecular weight excluding hydrogens is 485 g/mol. The van der Waals surface area contributed by atoms with Crippen LogP contribution in [-0.4, -0.2) is 47.2 Å². The lowest BCUT2D eigenvalue weighted by molar-refractivity contribution is -0.0436. The molecule has 0 atom stereocenters. The van der Waals surface area contributed by atoms with Gasteiger partial charge >= 0.3 is 11.2 Å². The Morgan fingerprint density at radius 1 is 1.06 bits per heavy atom. The van der Waals surface area contributed by atoms with Crippen LogP contribution in [0.3, 0.4) is 0 Å². The molecule has 0 unspecified atom stereocenters. The largest absolute Gasteiger partial charge is 0.501 e. The minimum atomic E-state index is -5.53. The number of alkyl halides is 3. The molecule has 2 aromatic carbocycles. The van der Waals surface area contributed by atoms with Gasteiger partial charge < -0.3 is 10.0 Å². The first-order valence-electron chi connectivity index (χ1n) is 10.3. The summed E-state index contributed by atoms with van der Waals surface area (Å²) in [7, 11) is -1.72. The second-order valence-corrected chi connectivity index (χ2v) is 10.1. The molecule has 0 bridgehead atoms. The highest BCUT2D eigenvalue weighted by molar-refractivity contribution is 7.92. The summed E-state index contributed by atoms with van der Waals surface area (Å²) < 4.78 is 63.9. The van der Waals surface area contributed by atoms with Crippen LogP contribution in [-0.2, 0) is 16.4 Å². The number of anilines is 1. The number of aromatic hydroxyl groups is 1. The Hall–Kier alpha value is -3.80. The minimum absolute atomic E-state index is 0.0192. The maximum atomic E-state index is 13.2. The van der Waals surface area contributed by atoms with Crippen molar-refractivity contribution >= 4 is 26.4 Å². The zero-order valence-electron chi connectivity index (χ0n) is 18.9. The number of fused-ring (bicyclic) bond motifs is 1. The number of halogens is 3. The van der Waals surface area contributed by atoms with Crippen LogP contribution in [0, 0.1) is 6.92 Å². The maximum absolute atomic E-state index is 13.2. The highest BCUT2D eigenvalue weighted by atomic mass is 32.2. The molecular formula is C23H21F3N4O4S. The smallest absolute Gasteiger partial charge is 0.493 e. The summed E-state index contributed by atoms with van der Waals surface area (Å²) in [5, 5.41) is 11.4. The number of hydrogen-bond donors (Lipinski definition) is 1. The van der Waals surface area contributed by atoms with Crippen LogP contribution < -0.4 is 10.6 Å². The highest BCUT2D eigenvalue weighted by Crippen LogP contribution is 2.31. The van der Waals surface area contributed by atoms with E-state index in [1.807, 2.05) is 37.2 Å². The molecule has 4 aromatic rings. The number of imidazole rings is 1. The lowest BCUT2D eigenvalue weighted by Gasteiger charge is -2.14. The summed E-state index contributed by atoms with van der Waals surface area (Å²) in [5.41, 5.74) is -3.38. The molecule has 8 nitrogen and oxygen atoms in total. The van der Waals surface area contributed by atoms with Crippen molar-refractivity contribution in [3.8, 4) is 11.6 Å². The fraction of sp³-hybridized carbons (Fsp3) is 0.217. The predicted molar refractivity (Wildman–Crippen MR) is 125 cm³/mol. The Morgan fingerprint density at radius 2 is 1.71 bits per heavy atom. The number of nitrogens with zero attached hydrogens (tertiary/aromatic N) is 4. The lowest BCUT2D eigenvalue weighted by Crippen LogP contribution is -2.25. The van der Waals surface area contributed by atoms with Gasteiger partial charge in [-0.3, -0.25) is 9.55 Å². The monoisotopic (exact) mass is 506 g/mol.